The quantitative estimate of drug-likeness (QED) is 0.348. The maximum absolute atomic E-state index is 11.7. The minimum absolute atomic E-state index is 0. The summed E-state index contributed by atoms with van der Waals surface area (Å²) < 4.78 is 0. The topological polar surface area (TPSA) is 92.4 Å². The van der Waals surface area contributed by atoms with E-state index in [-0.39, 0.29) is 29.9 Å². The number of amides is 1. The van der Waals surface area contributed by atoms with E-state index in [1.54, 1.807) is 6.20 Å². The fourth-order valence-electron chi connectivity index (χ4n) is 2.57. The summed E-state index contributed by atoms with van der Waals surface area (Å²) in [4.78, 5) is 20.1. The van der Waals surface area contributed by atoms with E-state index in [1.807, 2.05) is 18.2 Å². The van der Waals surface area contributed by atoms with Crippen molar-refractivity contribution in [2.45, 2.75) is 44.6 Å². The first-order chi connectivity index (χ1) is 10.7. The summed E-state index contributed by atoms with van der Waals surface area (Å²) in [5.41, 5.74) is 6.79. The molecule has 128 valence electrons. The number of carbonyl (C=O) groups is 1. The van der Waals surface area contributed by atoms with Gasteiger partial charge in [-0.3, -0.25) is 14.8 Å². The van der Waals surface area contributed by atoms with Crippen molar-refractivity contribution in [1.82, 2.24) is 15.6 Å². The van der Waals surface area contributed by atoms with E-state index in [0.29, 0.717) is 31.5 Å². The maximum Gasteiger partial charge on any atom is 0.222 e. The van der Waals surface area contributed by atoms with Gasteiger partial charge in [-0.2, -0.15) is 0 Å². The zero-order chi connectivity index (χ0) is 15.6. The van der Waals surface area contributed by atoms with Gasteiger partial charge >= 0.3 is 0 Å². The van der Waals surface area contributed by atoms with Gasteiger partial charge in [0, 0.05) is 37.3 Å². The molecule has 0 unspecified atom stereocenters. The minimum atomic E-state index is 0. The highest BCUT2D eigenvalue weighted by molar-refractivity contribution is 14.0. The van der Waals surface area contributed by atoms with Crippen molar-refractivity contribution < 1.29 is 4.79 Å². The number of nitrogens with zero attached hydrogens (tertiary/aromatic N) is 2. The Labute approximate surface area is 154 Å². The third-order valence-electron chi connectivity index (χ3n) is 3.75. The Bertz CT molecular complexity index is 489. The summed E-state index contributed by atoms with van der Waals surface area (Å²) in [6.45, 7) is 1.10. The van der Waals surface area contributed by atoms with Crippen LogP contribution in [-0.4, -0.2) is 36.0 Å². The molecule has 4 N–H and O–H groups in total. The first-order valence-corrected chi connectivity index (χ1v) is 7.97. The smallest absolute Gasteiger partial charge is 0.222 e. The number of rotatable bonds is 7. The molecular weight excluding hydrogens is 405 g/mol. The normalized spacial score (nSPS) is 15.0. The minimum Gasteiger partial charge on any atom is -0.370 e. The van der Waals surface area contributed by atoms with Gasteiger partial charge < -0.3 is 16.4 Å². The summed E-state index contributed by atoms with van der Waals surface area (Å²) in [5, 5.41) is 6.07. The first kappa shape index (κ1) is 19.7. The number of nitrogens with two attached hydrogens (primary N) is 1. The number of carbonyl (C=O) groups excluding carboxylic acids is 1. The molecule has 0 radical (unpaired) electrons. The van der Waals surface area contributed by atoms with E-state index in [0.717, 1.165) is 25.0 Å². The Kier molecular flexibility index (Phi) is 9.58. The summed E-state index contributed by atoms with van der Waals surface area (Å²) in [6, 6.07) is 6.19. The number of hydrogen-bond acceptors (Lipinski definition) is 3. The van der Waals surface area contributed by atoms with Crippen LogP contribution in [0.25, 0.3) is 0 Å². The van der Waals surface area contributed by atoms with Crippen LogP contribution in [0.5, 0.6) is 0 Å². The lowest BCUT2D eigenvalue weighted by Crippen LogP contribution is -2.35. The van der Waals surface area contributed by atoms with Crippen molar-refractivity contribution in [1.29, 1.82) is 0 Å². The van der Waals surface area contributed by atoms with Crippen LogP contribution in [0.2, 0.25) is 0 Å². The Balaban J connectivity index is 0.00000264. The average molecular weight is 431 g/mol. The van der Waals surface area contributed by atoms with Crippen molar-refractivity contribution in [3.8, 4) is 0 Å². The van der Waals surface area contributed by atoms with Crippen LogP contribution in [0.15, 0.2) is 29.4 Å². The molecule has 0 bridgehead atoms. The number of halogens is 1. The van der Waals surface area contributed by atoms with E-state index in [2.05, 4.69) is 20.6 Å². The van der Waals surface area contributed by atoms with Crippen LogP contribution in [0.1, 0.15) is 37.8 Å². The molecule has 0 saturated heterocycles. The molecule has 0 aromatic carbocycles. The van der Waals surface area contributed by atoms with E-state index >= 15 is 0 Å². The number of aliphatic imine (C=N–C) groups is 1. The third kappa shape index (κ3) is 8.15. The number of guanidine groups is 1. The summed E-state index contributed by atoms with van der Waals surface area (Å²) in [7, 11) is 0. The van der Waals surface area contributed by atoms with E-state index in [9.17, 15) is 4.79 Å². The van der Waals surface area contributed by atoms with Gasteiger partial charge in [0.15, 0.2) is 5.96 Å². The van der Waals surface area contributed by atoms with Crippen molar-refractivity contribution in [3.05, 3.63) is 30.1 Å². The van der Waals surface area contributed by atoms with Crippen molar-refractivity contribution in [2.75, 3.05) is 13.1 Å². The second-order valence-electron chi connectivity index (χ2n) is 5.56. The predicted molar refractivity (Wildman–Crippen MR) is 103 cm³/mol. The monoisotopic (exact) mass is 431 g/mol. The van der Waals surface area contributed by atoms with Gasteiger partial charge in [0.25, 0.3) is 0 Å². The molecule has 6 nitrogen and oxygen atoms in total. The third-order valence-corrected chi connectivity index (χ3v) is 3.75. The molecule has 1 aliphatic carbocycles. The SMILES string of the molecule is I.NC(=NCCC(=O)NC1CCCC1)NCCc1ccccn1. The molecule has 0 spiro atoms. The second-order valence-corrected chi connectivity index (χ2v) is 5.56. The summed E-state index contributed by atoms with van der Waals surface area (Å²) in [5.74, 6) is 0.446. The number of pyridine rings is 1. The van der Waals surface area contributed by atoms with Crippen molar-refractivity contribution in [3.63, 3.8) is 0 Å². The van der Waals surface area contributed by atoms with E-state index in [4.69, 9.17) is 5.73 Å². The lowest BCUT2D eigenvalue weighted by molar-refractivity contribution is -0.121. The van der Waals surface area contributed by atoms with Crippen molar-refractivity contribution in [2.24, 2.45) is 10.7 Å². The standard InChI is InChI=1S/C16H25N5O.HI/c17-16(19-11-8-13-5-3-4-10-18-13)20-12-9-15(22)21-14-6-1-2-7-14;/h3-5,10,14H,1-2,6-9,11-12H2,(H,21,22)(H3,17,19,20);1H. The molecule has 7 heteroatoms. The van der Waals surface area contributed by atoms with Gasteiger partial charge in [-0.15, -0.1) is 24.0 Å². The largest absolute Gasteiger partial charge is 0.370 e. The van der Waals surface area contributed by atoms with E-state index in [1.165, 1.54) is 12.8 Å². The molecule has 1 fully saturated rings. The molecule has 1 aliphatic rings. The second kappa shape index (κ2) is 11.2. The number of hydrogen-bond donors (Lipinski definition) is 3. The molecule has 1 heterocycles. The van der Waals surface area contributed by atoms with Crippen LogP contribution in [0, 0.1) is 0 Å². The fraction of sp³-hybridized carbons (Fsp3) is 0.562. The molecule has 1 saturated carbocycles. The molecule has 1 aromatic rings. The van der Waals surface area contributed by atoms with Gasteiger partial charge in [0.1, 0.15) is 0 Å². The van der Waals surface area contributed by atoms with Gasteiger partial charge in [0.05, 0.1) is 6.54 Å². The Morgan fingerprint density at radius 1 is 1.35 bits per heavy atom. The number of nitrogens with one attached hydrogen (secondary N) is 2. The Hall–Kier alpha value is -1.38. The highest BCUT2D eigenvalue weighted by Gasteiger charge is 2.16. The molecular formula is C16H26IN5O. The molecule has 1 amide bonds. The van der Waals surface area contributed by atoms with Gasteiger partial charge in [-0.05, 0) is 25.0 Å². The predicted octanol–water partition coefficient (Wildman–Crippen LogP) is 1.60. The zero-order valence-electron chi connectivity index (χ0n) is 13.3. The van der Waals surface area contributed by atoms with Crippen LogP contribution < -0.4 is 16.4 Å². The van der Waals surface area contributed by atoms with Gasteiger partial charge in [-0.1, -0.05) is 18.9 Å². The molecule has 1 aromatic heterocycles. The van der Waals surface area contributed by atoms with Crippen LogP contribution >= 0.6 is 24.0 Å². The van der Waals surface area contributed by atoms with Crippen LogP contribution in [0.3, 0.4) is 0 Å². The zero-order valence-corrected chi connectivity index (χ0v) is 15.7. The fourth-order valence-corrected chi connectivity index (χ4v) is 2.57. The van der Waals surface area contributed by atoms with Crippen LogP contribution in [0.4, 0.5) is 0 Å². The molecule has 0 atom stereocenters. The van der Waals surface area contributed by atoms with Crippen molar-refractivity contribution >= 4 is 35.8 Å². The summed E-state index contributed by atoms with van der Waals surface area (Å²) >= 11 is 0. The highest BCUT2D eigenvalue weighted by atomic mass is 127. The van der Waals surface area contributed by atoms with E-state index < -0.39 is 0 Å². The number of aromatic nitrogens is 1. The van der Waals surface area contributed by atoms with Crippen LogP contribution in [-0.2, 0) is 11.2 Å². The Morgan fingerprint density at radius 2 is 2.13 bits per heavy atom. The molecule has 0 aliphatic heterocycles. The molecule has 23 heavy (non-hydrogen) atoms. The molecule has 2 rings (SSSR count). The van der Waals surface area contributed by atoms with Gasteiger partial charge in [0.2, 0.25) is 5.91 Å². The maximum atomic E-state index is 11.7. The lowest BCUT2D eigenvalue weighted by atomic mass is 10.2. The Morgan fingerprint density at radius 3 is 2.83 bits per heavy atom. The average Bonchev–Trinajstić information content (AvgIpc) is 3.01. The lowest BCUT2D eigenvalue weighted by Gasteiger charge is -2.11. The highest BCUT2D eigenvalue weighted by Crippen LogP contribution is 2.17. The first-order valence-electron chi connectivity index (χ1n) is 7.97. The van der Waals surface area contributed by atoms with Gasteiger partial charge in [-0.25, -0.2) is 0 Å². The summed E-state index contributed by atoms with van der Waals surface area (Å²) in [6.07, 6.45) is 7.60.